The van der Waals surface area contributed by atoms with E-state index in [1.54, 1.807) is 0 Å². The van der Waals surface area contributed by atoms with Crippen LogP contribution in [0.1, 0.15) is 56.5 Å². The van der Waals surface area contributed by atoms with Gasteiger partial charge in [0.15, 0.2) is 11.6 Å². The van der Waals surface area contributed by atoms with Crippen molar-refractivity contribution in [2.45, 2.75) is 24.7 Å². The third-order valence-corrected chi connectivity index (χ3v) is 6.13. The van der Waals surface area contributed by atoms with Crippen LogP contribution < -0.4 is 0 Å². The minimum atomic E-state index is 0.0713. The fourth-order valence-electron chi connectivity index (χ4n) is 3.82. The number of Topliss-reactive ketones (excluding diaryl/α,β-unsaturated/α-hetero) is 2. The maximum absolute atomic E-state index is 12.3. The minimum Gasteiger partial charge on any atom is -0.294 e. The molecule has 4 heteroatoms. The van der Waals surface area contributed by atoms with E-state index in [0.717, 1.165) is 31.2 Å². The number of hydrogen-bond donors (Lipinski definition) is 0. The number of halogens is 2. The van der Waals surface area contributed by atoms with Crippen molar-refractivity contribution in [2.75, 3.05) is 0 Å². The molecular weight excluding hydrogens is 408 g/mol. The summed E-state index contributed by atoms with van der Waals surface area (Å²) < 4.78 is 1.93. The minimum absolute atomic E-state index is 0.0713. The highest BCUT2D eigenvalue weighted by molar-refractivity contribution is 9.10. The summed E-state index contributed by atoms with van der Waals surface area (Å²) in [6, 6.07) is 11.5. The van der Waals surface area contributed by atoms with Crippen molar-refractivity contribution in [3.63, 3.8) is 0 Å². The van der Waals surface area contributed by atoms with Gasteiger partial charge in [-0.3, -0.25) is 9.59 Å². The molecule has 2 aliphatic rings. The fraction of sp³-hybridized carbons (Fsp3) is 0.222. The molecule has 0 N–H and O–H groups in total. The highest BCUT2D eigenvalue weighted by Crippen LogP contribution is 2.52. The average molecular weight is 420 g/mol. The van der Waals surface area contributed by atoms with E-state index in [1.165, 1.54) is 0 Å². The largest absolute Gasteiger partial charge is 0.294 e. The van der Waals surface area contributed by atoms with Gasteiger partial charge in [0.2, 0.25) is 0 Å². The number of benzene rings is 2. The van der Waals surface area contributed by atoms with Crippen LogP contribution in [0.5, 0.6) is 0 Å². The molecule has 2 aromatic carbocycles. The van der Waals surface area contributed by atoms with Crippen molar-refractivity contribution in [2.24, 2.45) is 0 Å². The predicted octanol–water partition coefficient (Wildman–Crippen LogP) is 5.25. The van der Waals surface area contributed by atoms with Gasteiger partial charge >= 0.3 is 0 Å². The molecule has 2 nitrogen and oxygen atoms in total. The Morgan fingerprint density at radius 2 is 1.14 bits per heavy atom. The van der Waals surface area contributed by atoms with Crippen molar-refractivity contribution in [1.82, 2.24) is 0 Å². The number of fused-ring (bicyclic) bond motifs is 2. The van der Waals surface area contributed by atoms with Gasteiger partial charge in [0.25, 0.3) is 0 Å². The van der Waals surface area contributed by atoms with E-state index in [1.807, 2.05) is 36.4 Å². The van der Waals surface area contributed by atoms with Crippen LogP contribution in [0.25, 0.3) is 0 Å². The lowest BCUT2D eigenvalue weighted by atomic mass is 9.83. The van der Waals surface area contributed by atoms with Crippen molar-refractivity contribution in [1.29, 1.82) is 0 Å². The summed E-state index contributed by atoms with van der Waals surface area (Å²) in [5.74, 6) is 0.493. The third-order valence-electron chi connectivity index (χ3n) is 4.74. The molecule has 0 spiro atoms. The first-order chi connectivity index (χ1) is 10.6. The standard InChI is InChI=1S/C18H12Br2O2/c19-13-5-1-3-9-15(21)7-11(17(9)13)12-8-16(22)10-4-2-6-14(20)18(10)12/h1-6,11-12H,7-8H2/t11-,12-/m0/s1. The molecule has 2 atom stereocenters. The van der Waals surface area contributed by atoms with Crippen LogP contribution in [-0.4, -0.2) is 11.6 Å². The molecule has 0 bridgehead atoms. The maximum Gasteiger partial charge on any atom is 0.163 e. The van der Waals surface area contributed by atoms with Crippen molar-refractivity contribution in [3.8, 4) is 0 Å². The maximum atomic E-state index is 12.3. The Labute approximate surface area is 145 Å². The van der Waals surface area contributed by atoms with Crippen molar-refractivity contribution in [3.05, 3.63) is 67.6 Å². The lowest BCUT2D eigenvalue weighted by molar-refractivity contribution is 0.0963. The molecule has 0 aromatic heterocycles. The van der Waals surface area contributed by atoms with Crippen LogP contribution >= 0.6 is 31.9 Å². The number of carbonyl (C=O) groups excluding carboxylic acids is 2. The van der Waals surface area contributed by atoms with Crippen LogP contribution in [0.15, 0.2) is 45.3 Å². The van der Waals surface area contributed by atoms with Gasteiger partial charge in [0, 0.05) is 44.7 Å². The second-order valence-electron chi connectivity index (χ2n) is 5.87. The summed E-state index contributed by atoms with van der Waals surface area (Å²) in [4.78, 5) is 24.7. The molecule has 0 fully saturated rings. The SMILES string of the molecule is O=C1C[C@@H]([C@@H]2CC(=O)c3cccc(Br)c32)c2c(Br)cccc21. The third kappa shape index (κ3) is 1.97. The number of hydrogen-bond acceptors (Lipinski definition) is 2. The Bertz CT molecular complexity index is 756. The van der Waals surface area contributed by atoms with Crippen LogP contribution in [0, 0.1) is 0 Å². The van der Waals surface area contributed by atoms with E-state index in [4.69, 9.17) is 0 Å². The van der Waals surface area contributed by atoms with E-state index in [9.17, 15) is 9.59 Å². The van der Waals surface area contributed by atoms with Gasteiger partial charge in [-0.15, -0.1) is 0 Å². The Hall–Kier alpha value is -1.26. The lowest BCUT2D eigenvalue weighted by Gasteiger charge is -2.21. The molecule has 0 heterocycles. The van der Waals surface area contributed by atoms with Gasteiger partial charge in [-0.05, 0) is 23.3 Å². The number of rotatable bonds is 1. The topological polar surface area (TPSA) is 34.1 Å². The van der Waals surface area contributed by atoms with Gasteiger partial charge in [-0.25, -0.2) is 0 Å². The Morgan fingerprint density at radius 3 is 1.55 bits per heavy atom. The quantitative estimate of drug-likeness (QED) is 0.632. The van der Waals surface area contributed by atoms with Crippen LogP contribution in [0.4, 0.5) is 0 Å². The van der Waals surface area contributed by atoms with E-state index in [-0.39, 0.29) is 23.4 Å². The van der Waals surface area contributed by atoms with Crippen molar-refractivity contribution < 1.29 is 9.59 Å². The Kier molecular flexibility index (Phi) is 3.35. The molecular formula is C18H12Br2O2. The molecule has 0 aliphatic heterocycles. The molecule has 2 aliphatic carbocycles. The van der Waals surface area contributed by atoms with Crippen LogP contribution in [-0.2, 0) is 0 Å². The van der Waals surface area contributed by atoms with Crippen LogP contribution in [0.2, 0.25) is 0 Å². The Morgan fingerprint density at radius 1 is 0.727 bits per heavy atom. The molecule has 0 saturated heterocycles. The number of ketones is 2. The molecule has 22 heavy (non-hydrogen) atoms. The van der Waals surface area contributed by atoms with Crippen LogP contribution in [0.3, 0.4) is 0 Å². The molecule has 110 valence electrons. The molecule has 0 unspecified atom stereocenters. The summed E-state index contributed by atoms with van der Waals surface area (Å²) in [6.07, 6.45) is 0.966. The summed E-state index contributed by atoms with van der Waals surface area (Å²) in [6.45, 7) is 0. The van der Waals surface area contributed by atoms with E-state index in [2.05, 4.69) is 31.9 Å². The zero-order chi connectivity index (χ0) is 15.4. The van der Waals surface area contributed by atoms with Gasteiger partial charge < -0.3 is 0 Å². The highest BCUT2D eigenvalue weighted by atomic mass is 79.9. The average Bonchev–Trinajstić information content (AvgIpc) is 3.00. The monoisotopic (exact) mass is 418 g/mol. The van der Waals surface area contributed by atoms with E-state index >= 15 is 0 Å². The normalized spacial score (nSPS) is 22.8. The molecule has 0 saturated carbocycles. The summed E-state index contributed by atoms with van der Waals surface area (Å²) in [5, 5.41) is 0. The first-order valence-corrected chi connectivity index (χ1v) is 8.79. The number of carbonyl (C=O) groups is 2. The van der Waals surface area contributed by atoms with E-state index in [0.29, 0.717) is 12.8 Å². The van der Waals surface area contributed by atoms with Gasteiger partial charge in [0.05, 0.1) is 0 Å². The summed E-state index contributed by atoms with van der Waals surface area (Å²) in [7, 11) is 0. The summed E-state index contributed by atoms with van der Waals surface area (Å²) in [5.41, 5.74) is 3.72. The molecule has 2 aromatic rings. The van der Waals surface area contributed by atoms with Gasteiger partial charge in [-0.2, -0.15) is 0 Å². The van der Waals surface area contributed by atoms with Gasteiger partial charge in [-0.1, -0.05) is 56.1 Å². The van der Waals surface area contributed by atoms with Crippen molar-refractivity contribution >= 4 is 43.4 Å². The first-order valence-electron chi connectivity index (χ1n) is 7.21. The zero-order valence-corrected chi connectivity index (χ0v) is 14.8. The van der Waals surface area contributed by atoms with Gasteiger partial charge in [0.1, 0.15) is 0 Å². The molecule has 4 rings (SSSR count). The first kappa shape index (κ1) is 14.3. The zero-order valence-electron chi connectivity index (χ0n) is 11.6. The smallest absolute Gasteiger partial charge is 0.163 e. The molecule has 0 amide bonds. The molecule has 0 radical (unpaired) electrons. The lowest BCUT2D eigenvalue weighted by Crippen LogP contribution is -2.08. The Balaban J connectivity index is 1.88. The summed E-state index contributed by atoms with van der Waals surface area (Å²) >= 11 is 7.17. The fourth-order valence-corrected chi connectivity index (χ4v) is 5.14. The second kappa shape index (κ2) is 5.14. The predicted molar refractivity (Wildman–Crippen MR) is 91.7 cm³/mol. The highest BCUT2D eigenvalue weighted by Gasteiger charge is 2.42. The second-order valence-corrected chi connectivity index (χ2v) is 7.58. The van der Waals surface area contributed by atoms with E-state index < -0.39 is 0 Å².